The molecule has 8 unspecified atom stereocenters. The summed E-state index contributed by atoms with van der Waals surface area (Å²) in [5.41, 5.74) is 0. The molecule has 74 heavy (non-hydrogen) atoms. The average Bonchev–Trinajstić information content (AvgIpc) is 3.40. The van der Waals surface area contributed by atoms with Crippen LogP contribution in [0.15, 0.2) is 85.1 Å². The minimum Gasteiger partial charge on any atom is -0.454 e. The molecule has 11 heteroatoms. The van der Waals surface area contributed by atoms with Crippen LogP contribution in [0, 0.1) is 0 Å². The first-order valence-corrected chi connectivity index (χ1v) is 29.9. The summed E-state index contributed by atoms with van der Waals surface area (Å²) < 4.78 is 17.6. The fourth-order valence-corrected chi connectivity index (χ4v) is 8.84. The van der Waals surface area contributed by atoms with Gasteiger partial charge in [0.05, 0.1) is 25.4 Å². The number of ether oxygens (including phenoxy) is 3. The molecule has 1 rings (SSSR count). The monoisotopic (exact) mass is 1040 g/mol. The van der Waals surface area contributed by atoms with Crippen LogP contribution in [0.25, 0.3) is 0 Å². The molecular weight excluding hydrogens is 931 g/mol. The van der Waals surface area contributed by atoms with Crippen molar-refractivity contribution in [2.45, 2.75) is 288 Å². The molecule has 0 radical (unpaired) electrons. The van der Waals surface area contributed by atoms with Crippen molar-refractivity contribution < 1.29 is 49.3 Å². The Morgan fingerprint density at radius 2 is 0.959 bits per heavy atom. The molecule has 6 N–H and O–H groups in total. The summed E-state index contributed by atoms with van der Waals surface area (Å²) in [6, 6.07) is -1.07. The molecule has 0 aliphatic carbocycles. The van der Waals surface area contributed by atoms with Crippen molar-refractivity contribution in [3.63, 3.8) is 0 Å². The van der Waals surface area contributed by atoms with Crippen LogP contribution in [-0.4, -0.2) is 99.6 Å². The second-order valence-corrected chi connectivity index (χ2v) is 20.4. The van der Waals surface area contributed by atoms with Gasteiger partial charge in [0.1, 0.15) is 24.4 Å². The molecular formula is C63H109NO10. The Balaban J connectivity index is 2.77. The van der Waals surface area contributed by atoms with E-state index in [1.54, 1.807) is 12.2 Å². The number of aliphatic hydroxyl groups excluding tert-OH is 5. The predicted octanol–water partition coefficient (Wildman–Crippen LogP) is 13.8. The van der Waals surface area contributed by atoms with Gasteiger partial charge in [-0.15, -0.1) is 0 Å². The van der Waals surface area contributed by atoms with Crippen molar-refractivity contribution in [1.82, 2.24) is 5.32 Å². The van der Waals surface area contributed by atoms with Gasteiger partial charge < -0.3 is 45.1 Å². The number of carbonyl (C=O) groups excluding carboxylic acids is 2. The highest BCUT2D eigenvalue weighted by Crippen LogP contribution is 2.26. The Bertz CT molecular complexity index is 1520. The molecule has 0 bridgehead atoms. The standard InChI is InChI=1S/C63H109NO10/c1-4-7-10-13-16-19-22-25-27-28-29-31-32-35-38-41-44-47-50-56(67)62(71)64-54(55(66)49-46-43-40-37-34-24-21-18-15-12-9-6-3)53-72-63-61(60(70)59(69)57(52-65)73-63)74-58(68)51-48-45-42-39-36-33-30-26-23-20-17-14-11-8-5-2/h7,10,16,19,25,27,29,31,35,38,44,46-47,49,54-57,59-61,63,65-67,69-70H,4-6,8-9,11-15,17-18,20-24,26,28,30,32-34,36-37,39-43,45,48,50-53H2,1-3H3,(H,64,71)/b10-7-,19-16-,27-25-,31-29-,38-35-,47-44-,49-46+. The van der Waals surface area contributed by atoms with Gasteiger partial charge in [0.2, 0.25) is 5.91 Å². The lowest BCUT2D eigenvalue weighted by atomic mass is 9.99. The van der Waals surface area contributed by atoms with E-state index in [9.17, 15) is 35.1 Å². The number of esters is 1. The summed E-state index contributed by atoms with van der Waals surface area (Å²) in [6.45, 7) is 5.62. The molecule has 1 heterocycles. The van der Waals surface area contributed by atoms with Gasteiger partial charge in [0, 0.05) is 12.8 Å². The van der Waals surface area contributed by atoms with Crippen molar-refractivity contribution in [3.8, 4) is 0 Å². The van der Waals surface area contributed by atoms with Crippen molar-refractivity contribution in [3.05, 3.63) is 85.1 Å². The number of hydrogen-bond acceptors (Lipinski definition) is 10. The molecule has 0 aromatic carbocycles. The second kappa shape index (κ2) is 50.6. The van der Waals surface area contributed by atoms with Crippen LogP contribution in [0.5, 0.6) is 0 Å². The quantitative estimate of drug-likeness (QED) is 0.0195. The highest BCUT2D eigenvalue weighted by Gasteiger charge is 2.47. The van der Waals surface area contributed by atoms with Gasteiger partial charge in [-0.2, -0.15) is 0 Å². The van der Waals surface area contributed by atoms with E-state index in [0.29, 0.717) is 12.8 Å². The molecule has 0 aromatic heterocycles. The first-order chi connectivity index (χ1) is 36.2. The average molecular weight is 1040 g/mol. The van der Waals surface area contributed by atoms with Crippen LogP contribution in [0.4, 0.5) is 0 Å². The van der Waals surface area contributed by atoms with Crippen LogP contribution in [0.2, 0.25) is 0 Å². The first-order valence-electron chi connectivity index (χ1n) is 29.9. The van der Waals surface area contributed by atoms with Crippen LogP contribution < -0.4 is 5.32 Å². The Morgan fingerprint density at radius 1 is 0.541 bits per heavy atom. The van der Waals surface area contributed by atoms with Crippen LogP contribution in [0.3, 0.4) is 0 Å². The van der Waals surface area contributed by atoms with E-state index in [-0.39, 0.29) is 19.4 Å². The van der Waals surface area contributed by atoms with Gasteiger partial charge in [-0.05, 0) is 57.8 Å². The fraction of sp³-hybridized carbons (Fsp3) is 0.746. The van der Waals surface area contributed by atoms with E-state index >= 15 is 0 Å². The maximum absolute atomic E-state index is 13.4. The number of carbonyl (C=O) groups is 2. The molecule has 0 aromatic rings. The molecule has 1 saturated heterocycles. The summed E-state index contributed by atoms with van der Waals surface area (Å²) >= 11 is 0. The summed E-state index contributed by atoms with van der Waals surface area (Å²) in [6.07, 6.45) is 55.0. The number of amides is 1. The van der Waals surface area contributed by atoms with Gasteiger partial charge in [-0.1, -0.05) is 254 Å². The third-order valence-corrected chi connectivity index (χ3v) is 13.6. The SMILES string of the molecule is CC/C=C\C/C=C\C/C=C\C/C=C\C/C=C\C/C=C\CC(O)C(=O)NC(COC1OC(CO)C(O)C(O)C1OC(=O)CCCCCCCCCCCCCCCCC)C(O)/C=C/CCCCCCCCCCCC. The third kappa shape index (κ3) is 38.4. The van der Waals surface area contributed by atoms with Crippen LogP contribution in [0.1, 0.15) is 239 Å². The topological polar surface area (TPSA) is 175 Å². The van der Waals surface area contributed by atoms with Gasteiger partial charge >= 0.3 is 5.97 Å². The minimum absolute atomic E-state index is 0.0557. The van der Waals surface area contributed by atoms with E-state index in [1.165, 1.54) is 116 Å². The Kier molecular flexibility index (Phi) is 47.1. The Hall–Kier alpha value is -3.16. The summed E-state index contributed by atoms with van der Waals surface area (Å²) in [4.78, 5) is 26.5. The van der Waals surface area contributed by atoms with Crippen LogP contribution >= 0.6 is 0 Å². The molecule has 11 nitrogen and oxygen atoms in total. The molecule has 1 amide bonds. The largest absolute Gasteiger partial charge is 0.454 e. The molecule has 8 atom stereocenters. The van der Waals surface area contributed by atoms with E-state index in [4.69, 9.17) is 14.2 Å². The van der Waals surface area contributed by atoms with E-state index in [1.807, 2.05) is 18.2 Å². The van der Waals surface area contributed by atoms with Crippen molar-refractivity contribution >= 4 is 11.9 Å². The lowest BCUT2D eigenvalue weighted by Crippen LogP contribution is -2.61. The van der Waals surface area contributed by atoms with E-state index < -0.39 is 67.4 Å². The molecule has 0 spiro atoms. The van der Waals surface area contributed by atoms with Gasteiger partial charge in [-0.3, -0.25) is 9.59 Å². The molecule has 1 aliphatic heterocycles. The Labute approximate surface area is 451 Å². The van der Waals surface area contributed by atoms with Gasteiger partial charge in [0.15, 0.2) is 12.4 Å². The van der Waals surface area contributed by atoms with Crippen molar-refractivity contribution in [2.24, 2.45) is 0 Å². The second-order valence-electron chi connectivity index (χ2n) is 20.4. The maximum Gasteiger partial charge on any atom is 0.306 e. The first kappa shape index (κ1) is 68.9. The van der Waals surface area contributed by atoms with Crippen molar-refractivity contribution in [2.75, 3.05) is 13.2 Å². The third-order valence-electron chi connectivity index (χ3n) is 13.6. The van der Waals surface area contributed by atoms with E-state index in [2.05, 4.69) is 80.8 Å². The maximum atomic E-state index is 13.4. The molecule has 1 fully saturated rings. The molecule has 426 valence electrons. The zero-order valence-corrected chi connectivity index (χ0v) is 46.9. The fourth-order valence-electron chi connectivity index (χ4n) is 8.84. The number of rotatable bonds is 49. The molecule has 1 aliphatic rings. The molecule has 0 saturated carbocycles. The zero-order valence-electron chi connectivity index (χ0n) is 46.9. The number of unbranched alkanes of at least 4 members (excludes halogenated alkanes) is 24. The smallest absolute Gasteiger partial charge is 0.306 e. The minimum atomic E-state index is -1.63. The number of allylic oxidation sites excluding steroid dienone is 12. The van der Waals surface area contributed by atoms with E-state index in [0.717, 1.165) is 77.0 Å². The highest BCUT2D eigenvalue weighted by molar-refractivity contribution is 5.81. The van der Waals surface area contributed by atoms with Crippen LogP contribution in [-0.2, 0) is 23.8 Å². The number of aliphatic hydroxyl groups is 5. The zero-order chi connectivity index (χ0) is 54.0. The predicted molar refractivity (Wildman–Crippen MR) is 306 cm³/mol. The lowest BCUT2D eigenvalue weighted by molar-refractivity contribution is -0.305. The normalized spacial score (nSPS) is 19.9. The van der Waals surface area contributed by atoms with Crippen molar-refractivity contribution in [1.29, 1.82) is 0 Å². The summed E-state index contributed by atoms with van der Waals surface area (Å²) in [5, 5.41) is 56.8. The highest BCUT2D eigenvalue weighted by atomic mass is 16.7. The number of hydrogen-bond donors (Lipinski definition) is 6. The van der Waals surface area contributed by atoms with Gasteiger partial charge in [-0.25, -0.2) is 0 Å². The lowest BCUT2D eigenvalue weighted by Gasteiger charge is -2.41. The number of nitrogens with one attached hydrogen (secondary N) is 1. The summed E-state index contributed by atoms with van der Waals surface area (Å²) in [5.74, 6) is -1.28. The Morgan fingerprint density at radius 3 is 1.41 bits per heavy atom. The summed E-state index contributed by atoms with van der Waals surface area (Å²) in [7, 11) is 0. The van der Waals surface area contributed by atoms with Gasteiger partial charge in [0.25, 0.3) is 0 Å².